The van der Waals surface area contributed by atoms with Crippen LogP contribution in [0.2, 0.25) is 0 Å². The third kappa shape index (κ3) is 4.64. The fourth-order valence-corrected chi connectivity index (χ4v) is 4.09. The molecule has 6 nitrogen and oxygen atoms in total. The van der Waals surface area contributed by atoms with E-state index in [9.17, 15) is 14.4 Å². The molecule has 1 aliphatic rings. The highest BCUT2D eigenvalue weighted by Crippen LogP contribution is 2.24. The van der Waals surface area contributed by atoms with E-state index in [1.807, 2.05) is 27.5 Å². The molecular formula is C23H30FN5O. The summed E-state index contributed by atoms with van der Waals surface area (Å²) in [5.74, 6) is 0.149. The van der Waals surface area contributed by atoms with Crippen molar-refractivity contribution in [1.82, 2.24) is 14.7 Å². The third-order valence-corrected chi connectivity index (χ3v) is 5.73. The van der Waals surface area contributed by atoms with Crippen LogP contribution in [0.15, 0.2) is 18.2 Å². The Kier molecular flexibility index (Phi) is 6.76. The Morgan fingerprint density at radius 2 is 1.93 bits per heavy atom. The lowest BCUT2D eigenvalue weighted by molar-refractivity contribution is -0.131. The predicted molar refractivity (Wildman–Crippen MR) is 115 cm³/mol. The van der Waals surface area contributed by atoms with Crippen LogP contribution in [0.4, 0.5) is 10.1 Å². The van der Waals surface area contributed by atoms with Gasteiger partial charge in [-0.15, -0.1) is 0 Å². The van der Waals surface area contributed by atoms with Gasteiger partial charge in [0.1, 0.15) is 17.4 Å². The maximum absolute atomic E-state index is 13.9. The number of aryl methyl sites for hydroxylation is 1. The Bertz CT molecular complexity index is 951. The van der Waals surface area contributed by atoms with E-state index in [-0.39, 0.29) is 11.5 Å². The lowest BCUT2D eigenvalue weighted by Gasteiger charge is -2.36. The minimum Gasteiger partial charge on any atom is -0.367 e. The van der Waals surface area contributed by atoms with Crippen molar-refractivity contribution >= 4 is 11.6 Å². The van der Waals surface area contributed by atoms with Gasteiger partial charge in [0.25, 0.3) is 0 Å². The summed E-state index contributed by atoms with van der Waals surface area (Å²) in [4.78, 5) is 16.6. The van der Waals surface area contributed by atoms with Crippen molar-refractivity contribution in [3.05, 3.63) is 46.5 Å². The monoisotopic (exact) mass is 411 g/mol. The lowest BCUT2D eigenvalue weighted by atomic mass is 10.1. The maximum Gasteiger partial charge on any atom is 0.223 e. The van der Waals surface area contributed by atoms with E-state index in [4.69, 9.17) is 0 Å². The largest absolute Gasteiger partial charge is 0.367 e. The van der Waals surface area contributed by atoms with E-state index in [0.717, 1.165) is 17.9 Å². The number of aromatic nitrogens is 2. The quantitative estimate of drug-likeness (QED) is 0.730. The van der Waals surface area contributed by atoms with Gasteiger partial charge in [-0.2, -0.15) is 10.4 Å². The highest BCUT2D eigenvalue weighted by atomic mass is 19.1. The normalized spacial score (nSPS) is 14.3. The first-order valence-electron chi connectivity index (χ1n) is 10.6. The smallest absolute Gasteiger partial charge is 0.223 e. The Labute approximate surface area is 177 Å². The maximum atomic E-state index is 13.9. The number of carbonyl (C=O) groups is 1. The number of amides is 1. The van der Waals surface area contributed by atoms with Gasteiger partial charge in [0.05, 0.1) is 11.4 Å². The molecule has 0 atom stereocenters. The lowest BCUT2D eigenvalue weighted by Crippen LogP contribution is -2.49. The van der Waals surface area contributed by atoms with Crippen molar-refractivity contribution in [2.45, 2.75) is 47.1 Å². The van der Waals surface area contributed by atoms with Gasteiger partial charge in [-0.3, -0.25) is 9.48 Å². The summed E-state index contributed by atoms with van der Waals surface area (Å²) in [6, 6.07) is 6.63. The zero-order valence-corrected chi connectivity index (χ0v) is 18.3. The minimum absolute atomic E-state index is 0.0710. The van der Waals surface area contributed by atoms with Crippen molar-refractivity contribution in [2.24, 2.45) is 5.92 Å². The Morgan fingerprint density at radius 1 is 1.23 bits per heavy atom. The third-order valence-electron chi connectivity index (χ3n) is 5.73. The average molecular weight is 412 g/mol. The standard InChI is InChI=1S/C23H30FN5O/c1-16(2)15-29-18(4)19(17(3)26-29)8-9-23(30)28-12-10-27(11-13-28)22-7-5-6-21(24)20(22)14-25/h5-7,16H,8-13,15H2,1-4H3. The summed E-state index contributed by atoms with van der Waals surface area (Å²) in [6.45, 7) is 11.6. The first kappa shape index (κ1) is 21.8. The Hall–Kier alpha value is -2.88. The van der Waals surface area contributed by atoms with Crippen LogP contribution < -0.4 is 4.90 Å². The van der Waals surface area contributed by atoms with Gasteiger partial charge < -0.3 is 9.80 Å². The number of rotatable bonds is 6. The van der Waals surface area contributed by atoms with Crippen LogP contribution in [0, 0.1) is 36.9 Å². The molecule has 160 valence electrons. The first-order chi connectivity index (χ1) is 14.3. The molecule has 1 aromatic carbocycles. The second-order valence-corrected chi connectivity index (χ2v) is 8.34. The summed E-state index contributed by atoms with van der Waals surface area (Å²) in [5.41, 5.74) is 3.99. The van der Waals surface area contributed by atoms with E-state index in [1.165, 1.54) is 11.6 Å². The molecule has 0 N–H and O–H groups in total. The molecule has 2 aromatic rings. The molecule has 30 heavy (non-hydrogen) atoms. The van der Waals surface area contributed by atoms with Crippen LogP contribution >= 0.6 is 0 Å². The van der Waals surface area contributed by atoms with Gasteiger partial charge in [0.2, 0.25) is 5.91 Å². The SMILES string of the molecule is Cc1nn(CC(C)C)c(C)c1CCC(=O)N1CCN(c2cccc(F)c2C#N)CC1. The van der Waals surface area contributed by atoms with E-state index < -0.39 is 5.82 Å². The summed E-state index contributed by atoms with van der Waals surface area (Å²) < 4.78 is 15.9. The molecule has 0 spiro atoms. The predicted octanol–water partition coefficient (Wildman–Crippen LogP) is 3.45. The first-order valence-corrected chi connectivity index (χ1v) is 10.6. The summed E-state index contributed by atoms with van der Waals surface area (Å²) >= 11 is 0. The topological polar surface area (TPSA) is 65.2 Å². The molecule has 1 saturated heterocycles. The molecule has 0 unspecified atom stereocenters. The van der Waals surface area contributed by atoms with Crippen molar-refractivity contribution < 1.29 is 9.18 Å². The molecular weight excluding hydrogens is 381 g/mol. The number of halogens is 1. The van der Waals surface area contributed by atoms with E-state index in [1.54, 1.807) is 12.1 Å². The van der Waals surface area contributed by atoms with E-state index in [0.29, 0.717) is 50.6 Å². The zero-order chi connectivity index (χ0) is 21.8. The van der Waals surface area contributed by atoms with E-state index >= 15 is 0 Å². The van der Waals surface area contributed by atoms with Crippen LogP contribution in [0.5, 0.6) is 0 Å². The summed E-state index contributed by atoms with van der Waals surface area (Å²) in [7, 11) is 0. The molecule has 0 bridgehead atoms. The zero-order valence-electron chi connectivity index (χ0n) is 18.3. The number of anilines is 1. The molecule has 1 fully saturated rings. The van der Waals surface area contributed by atoms with Crippen molar-refractivity contribution in [1.29, 1.82) is 5.26 Å². The summed E-state index contributed by atoms with van der Waals surface area (Å²) in [5, 5.41) is 13.9. The van der Waals surface area contributed by atoms with Crippen LogP contribution in [0.3, 0.4) is 0 Å². The van der Waals surface area contributed by atoms with Crippen LogP contribution in [0.1, 0.15) is 42.8 Å². The van der Waals surface area contributed by atoms with Crippen molar-refractivity contribution in [3.8, 4) is 6.07 Å². The van der Waals surface area contributed by atoms with E-state index in [2.05, 4.69) is 25.9 Å². The van der Waals surface area contributed by atoms with Gasteiger partial charge in [-0.25, -0.2) is 4.39 Å². The van der Waals surface area contributed by atoms with Crippen molar-refractivity contribution in [2.75, 3.05) is 31.1 Å². The molecule has 3 rings (SSSR count). The Morgan fingerprint density at radius 3 is 2.57 bits per heavy atom. The molecule has 0 saturated carbocycles. The Balaban J connectivity index is 1.57. The molecule has 1 amide bonds. The highest BCUT2D eigenvalue weighted by molar-refractivity contribution is 5.77. The van der Waals surface area contributed by atoms with Gasteiger partial charge in [-0.1, -0.05) is 19.9 Å². The highest BCUT2D eigenvalue weighted by Gasteiger charge is 2.24. The number of carbonyl (C=O) groups excluding carboxylic acids is 1. The van der Waals surface area contributed by atoms with Gasteiger partial charge in [0.15, 0.2) is 0 Å². The second kappa shape index (κ2) is 9.29. The molecule has 7 heteroatoms. The van der Waals surface area contributed by atoms with Crippen molar-refractivity contribution in [3.63, 3.8) is 0 Å². The van der Waals surface area contributed by atoms with Crippen LogP contribution in [-0.4, -0.2) is 46.8 Å². The van der Waals surface area contributed by atoms with Crippen LogP contribution in [-0.2, 0) is 17.8 Å². The molecule has 2 heterocycles. The fourth-order valence-electron chi connectivity index (χ4n) is 4.09. The van der Waals surface area contributed by atoms with Gasteiger partial charge in [-0.05, 0) is 43.9 Å². The molecule has 0 aliphatic carbocycles. The number of nitriles is 1. The number of benzene rings is 1. The number of hydrogen-bond donors (Lipinski definition) is 0. The molecule has 1 aliphatic heterocycles. The molecule has 0 radical (unpaired) electrons. The molecule has 1 aromatic heterocycles. The summed E-state index contributed by atoms with van der Waals surface area (Å²) in [6.07, 6.45) is 1.15. The van der Waals surface area contributed by atoms with Gasteiger partial charge >= 0.3 is 0 Å². The second-order valence-electron chi connectivity index (χ2n) is 8.34. The average Bonchev–Trinajstić information content (AvgIpc) is 2.98. The number of piperazine rings is 1. The number of hydrogen-bond acceptors (Lipinski definition) is 4. The van der Waals surface area contributed by atoms with Gasteiger partial charge in [0, 0.05) is 44.8 Å². The fraction of sp³-hybridized carbons (Fsp3) is 0.522. The number of nitrogens with zero attached hydrogens (tertiary/aromatic N) is 5. The van der Waals surface area contributed by atoms with Crippen LogP contribution in [0.25, 0.3) is 0 Å². The minimum atomic E-state index is -0.503.